The second-order valence-corrected chi connectivity index (χ2v) is 12.1. The van der Waals surface area contributed by atoms with Crippen molar-refractivity contribution in [3.8, 4) is 0 Å². The quantitative estimate of drug-likeness (QED) is 0.647. The number of aryl methyl sites for hydroxylation is 1. The van der Waals surface area contributed by atoms with Gasteiger partial charge in [0.2, 0.25) is 15.9 Å². The molecule has 0 bridgehead atoms. The number of carbonyl (C=O) groups is 2. The Hall–Kier alpha value is -2.13. The van der Waals surface area contributed by atoms with E-state index in [0.29, 0.717) is 39.0 Å². The summed E-state index contributed by atoms with van der Waals surface area (Å²) in [4.78, 5) is 29.3. The van der Waals surface area contributed by atoms with Crippen LogP contribution in [-0.2, 0) is 19.6 Å². The van der Waals surface area contributed by atoms with Gasteiger partial charge in [-0.05, 0) is 71.4 Å². The van der Waals surface area contributed by atoms with Gasteiger partial charge in [0.1, 0.15) is 11.6 Å². The van der Waals surface area contributed by atoms with Gasteiger partial charge >= 0.3 is 6.09 Å². The van der Waals surface area contributed by atoms with Crippen LogP contribution < -0.4 is 0 Å². The summed E-state index contributed by atoms with van der Waals surface area (Å²) < 4.78 is 33.3. The lowest BCUT2D eigenvalue weighted by Gasteiger charge is -2.37. The SMILES string of the molecule is Cc1ccc(S(=O)(=O)N2CCC[C@H]2C(=O)N2CCCC(CN(C)C(=O)OC(C)(C)C)C2)cc1. The predicted octanol–water partition coefficient (Wildman–Crippen LogP) is 3.25. The third-order valence-electron chi connectivity index (χ3n) is 6.18. The summed E-state index contributed by atoms with van der Waals surface area (Å²) >= 11 is 0. The van der Waals surface area contributed by atoms with Gasteiger partial charge in [-0.2, -0.15) is 4.31 Å². The smallest absolute Gasteiger partial charge is 0.410 e. The van der Waals surface area contributed by atoms with E-state index < -0.39 is 21.7 Å². The lowest BCUT2D eigenvalue weighted by Crippen LogP contribution is -2.51. The van der Waals surface area contributed by atoms with Crippen molar-refractivity contribution in [3.63, 3.8) is 0 Å². The zero-order valence-corrected chi connectivity index (χ0v) is 21.2. The molecule has 33 heavy (non-hydrogen) atoms. The van der Waals surface area contributed by atoms with Gasteiger partial charge in [0.05, 0.1) is 4.90 Å². The Kier molecular flexibility index (Phi) is 7.73. The molecule has 0 aliphatic carbocycles. The van der Waals surface area contributed by atoms with E-state index >= 15 is 0 Å². The van der Waals surface area contributed by atoms with Crippen LogP contribution in [0.3, 0.4) is 0 Å². The topological polar surface area (TPSA) is 87.2 Å². The van der Waals surface area contributed by atoms with Crippen LogP contribution in [0.2, 0.25) is 0 Å². The molecule has 3 rings (SSSR count). The molecule has 0 spiro atoms. The molecule has 184 valence electrons. The summed E-state index contributed by atoms with van der Waals surface area (Å²) in [6.07, 6.45) is 2.56. The number of hydrogen-bond donors (Lipinski definition) is 0. The summed E-state index contributed by atoms with van der Waals surface area (Å²) in [5, 5.41) is 0. The van der Waals surface area contributed by atoms with Crippen molar-refractivity contribution in [2.45, 2.75) is 69.9 Å². The predicted molar refractivity (Wildman–Crippen MR) is 126 cm³/mol. The number of ether oxygens (including phenoxy) is 1. The maximum atomic E-state index is 13.4. The van der Waals surface area contributed by atoms with Crippen LogP contribution in [0.1, 0.15) is 52.0 Å². The van der Waals surface area contributed by atoms with Crippen LogP contribution >= 0.6 is 0 Å². The second-order valence-electron chi connectivity index (χ2n) is 10.2. The average Bonchev–Trinajstić information content (AvgIpc) is 3.23. The van der Waals surface area contributed by atoms with Gasteiger partial charge in [-0.1, -0.05) is 17.7 Å². The van der Waals surface area contributed by atoms with Crippen LogP contribution in [0.5, 0.6) is 0 Å². The van der Waals surface area contributed by atoms with Gasteiger partial charge in [-0.15, -0.1) is 0 Å². The Morgan fingerprint density at radius 1 is 1.09 bits per heavy atom. The maximum Gasteiger partial charge on any atom is 0.410 e. The summed E-state index contributed by atoms with van der Waals surface area (Å²) in [6.45, 7) is 9.38. The number of carbonyl (C=O) groups excluding carboxylic acids is 2. The fraction of sp³-hybridized carbons (Fsp3) is 0.667. The summed E-state index contributed by atoms with van der Waals surface area (Å²) in [7, 11) is -2.02. The highest BCUT2D eigenvalue weighted by atomic mass is 32.2. The van der Waals surface area contributed by atoms with Crippen LogP contribution in [0.4, 0.5) is 4.79 Å². The van der Waals surface area contributed by atoms with Crippen LogP contribution in [0, 0.1) is 12.8 Å². The van der Waals surface area contributed by atoms with Crippen LogP contribution in [-0.4, -0.2) is 79.4 Å². The molecular weight excluding hydrogens is 442 g/mol. The van der Waals surface area contributed by atoms with Crippen LogP contribution in [0.15, 0.2) is 29.2 Å². The van der Waals surface area contributed by atoms with Gasteiger partial charge in [0.15, 0.2) is 0 Å². The van der Waals surface area contributed by atoms with E-state index in [1.54, 1.807) is 41.1 Å². The number of nitrogens with zero attached hydrogens (tertiary/aromatic N) is 3. The number of likely N-dealkylation sites (tertiary alicyclic amines) is 1. The van der Waals surface area contributed by atoms with E-state index in [9.17, 15) is 18.0 Å². The molecule has 2 aliphatic heterocycles. The van der Waals surface area contributed by atoms with Crippen molar-refractivity contribution in [2.24, 2.45) is 5.92 Å². The fourth-order valence-electron chi connectivity index (χ4n) is 4.55. The molecule has 2 amide bonds. The molecule has 2 atom stereocenters. The molecule has 0 N–H and O–H groups in total. The van der Waals surface area contributed by atoms with Crippen molar-refractivity contribution in [3.05, 3.63) is 29.8 Å². The van der Waals surface area contributed by atoms with Gasteiger partial charge < -0.3 is 14.5 Å². The van der Waals surface area contributed by atoms with E-state index in [2.05, 4.69) is 0 Å². The molecule has 8 nitrogen and oxygen atoms in total. The molecule has 2 aliphatic rings. The summed E-state index contributed by atoms with van der Waals surface area (Å²) in [6, 6.07) is 6.09. The molecule has 0 saturated carbocycles. The second kappa shape index (κ2) is 10.0. The number of piperidine rings is 1. The van der Waals surface area contributed by atoms with Gasteiger partial charge in [0.25, 0.3) is 0 Å². The minimum atomic E-state index is -3.73. The molecular formula is C24H37N3O5S. The summed E-state index contributed by atoms with van der Waals surface area (Å²) in [5.41, 5.74) is 0.424. The van der Waals surface area contributed by atoms with E-state index in [4.69, 9.17) is 4.74 Å². The summed E-state index contributed by atoms with van der Waals surface area (Å²) in [5.74, 6) is -0.00316. The van der Waals surface area contributed by atoms with E-state index in [1.807, 2.05) is 27.7 Å². The highest BCUT2D eigenvalue weighted by Gasteiger charge is 2.42. The first-order valence-electron chi connectivity index (χ1n) is 11.7. The minimum absolute atomic E-state index is 0.128. The number of amides is 2. The fourth-order valence-corrected chi connectivity index (χ4v) is 6.20. The number of sulfonamides is 1. The van der Waals surface area contributed by atoms with Crippen molar-refractivity contribution >= 4 is 22.0 Å². The lowest BCUT2D eigenvalue weighted by atomic mass is 9.97. The first-order valence-corrected chi connectivity index (χ1v) is 13.1. The van der Waals surface area contributed by atoms with E-state index in [1.165, 1.54) is 4.31 Å². The minimum Gasteiger partial charge on any atom is -0.444 e. The monoisotopic (exact) mass is 479 g/mol. The Morgan fingerprint density at radius 2 is 1.73 bits per heavy atom. The first kappa shape index (κ1) is 25.5. The van der Waals surface area contributed by atoms with Crippen molar-refractivity contribution in [1.82, 2.24) is 14.1 Å². The Morgan fingerprint density at radius 3 is 2.36 bits per heavy atom. The number of hydrogen-bond acceptors (Lipinski definition) is 5. The molecule has 0 radical (unpaired) electrons. The maximum absolute atomic E-state index is 13.4. The van der Waals surface area contributed by atoms with Crippen molar-refractivity contribution < 1.29 is 22.7 Å². The van der Waals surface area contributed by atoms with Gasteiger partial charge in [0, 0.05) is 33.2 Å². The highest BCUT2D eigenvalue weighted by molar-refractivity contribution is 7.89. The molecule has 1 aromatic carbocycles. The molecule has 1 aromatic rings. The molecule has 2 fully saturated rings. The van der Waals surface area contributed by atoms with Crippen molar-refractivity contribution in [2.75, 3.05) is 33.2 Å². The third-order valence-corrected chi connectivity index (χ3v) is 8.11. The molecule has 2 heterocycles. The average molecular weight is 480 g/mol. The Bertz CT molecular complexity index is 955. The van der Waals surface area contributed by atoms with Crippen molar-refractivity contribution in [1.29, 1.82) is 0 Å². The molecule has 0 aromatic heterocycles. The lowest BCUT2D eigenvalue weighted by molar-refractivity contribution is -0.136. The standard InChI is InChI=1S/C24H37N3O5S/c1-18-10-12-20(13-11-18)33(30,31)27-15-7-9-21(27)22(28)26-14-6-8-19(17-26)16-25(5)23(29)32-24(2,3)4/h10-13,19,21H,6-9,14-17H2,1-5H3/t19?,21-/m0/s1. The zero-order valence-electron chi connectivity index (χ0n) is 20.4. The molecule has 9 heteroatoms. The zero-order chi connectivity index (χ0) is 24.4. The Balaban J connectivity index is 1.66. The first-order chi connectivity index (χ1) is 15.4. The van der Waals surface area contributed by atoms with Crippen LogP contribution in [0.25, 0.3) is 0 Å². The number of benzene rings is 1. The van der Waals surface area contributed by atoms with E-state index in [-0.39, 0.29) is 22.8 Å². The molecule has 1 unspecified atom stereocenters. The van der Waals surface area contributed by atoms with E-state index in [0.717, 1.165) is 18.4 Å². The Labute approximate surface area is 197 Å². The largest absolute Gasteiger partial charge is 0.444 e. The van der Waals surface area contributed by atoms with Gasteiger partial charge in [-0.3, -0.25) is 4.79 Å². The normalized spacial score (nSPS) is 22.3. The number of rotatable bonds is 5. The van der Waals surface area contributed by atoms with Gasteiger partial charge in [-0.25, -0.2) is 13.2 Å². The molecule has 2 saturated heterocycles. The third kappa shape index (κ3) is 6.26. The highest BCUT2D eigenvalue weighted by Crippen LogP contribution is 2.29.